The number of amides is 1. The van der Waals surface area contributed by atoms with Crippen LogP contribution >= 0.6 is 0 Å². The van der Waals surface area contributed by atoms with Crippen LogP contribution in [0.25, 0.3) is 0 Å². The molecule has 0 saturated heterocycles. The van der Waals surface area contributed by atoms with Crippen LogP contribution in [0.1, 0.15) is 22.6 Å². The molecule has 0 spiro atoms. The van der Waals surface area contributed by atoms with Crippen LogP contribution in [0.3, 0.4) is 0 Å². The monoisotopic (exact) mass is 393 g/mol. The summed E-state index contributed by atoms with van der Waals surface area (Å²) >= 11 is 0. The van der Waals surface area contributed by atoms with E-state index >= 15 is 0 Å². The number of nitrogens with one attached hydrogen (secondary N) is 1. The van der Waals surface area contributed by atoms with Crippen molar-refractivity contribution in [2.24, 2.45) is 0 Å². The Labute approximate surface area is 170 Å². The molecule has 3 aromatic carbocycles. The second-order valence-electron chi connectivity index (χ2n) is 6.70. The highest BCUT2D eigenvalue weighted by atomic mass is 19.1. The molecule has 3 rings (SSSR count). The number of carbonyl (C=O) groups excluding carboxylic acids is 1. The van der Waals surface area contributed by atoms with Gasteiger partial charge >= 0.3 is 0 Å². The van der Waals surface area contributed by atoms with Gasteiger partial charge in [-0.3, -0.25) is 4.79 Å². The summed E-state index contributed by atoms with van der Waals surface area (Å²) in [5, 5.41) is 2.99. The van der Waals surface area contributed by atoms with E-state index in [0.29, 0.717) is 24.5 Å². The zero-order chi connectivity index (χ0) is 20.6. The molecule has 0 saturated carbocycles. The summed E-state index contributed by atoms with van der Waals surface area (Å²) in [5.74, 6) is 0.390. The Kier molecular flexibility index (Phi) is 6.85. The van der Waals surface area contributed by atoms with Crippen LogP contribution in [0.4, 0.5) is 4.39 Å². The minimum absolute atomic E-state index is 0.116. The molecule has 1 amide bonds. The van der Waals surface area contributed by atoms with Crippen LogP contribution in [-0.4, -0.2) is 20.1 Å². The highest BCUT2D eigenvalue weighted by molar-refractivity contribution is 5.84. The fourth-order valence-electron chi connectivity index (χ4n) is 3.21. The van der Waals surface area contributed by atoms with Crippen molar-refractivity contribution in [3.63, 3.8) is 0 Å². The maximum atomic E-state index is 13.4. The fourth-order valence-corrected chi connectivity index (χ4v) is 3.21. The van der Waals surface area contributed by atoms with Gasteiger partial charge in [0.25, 0.3) is 0 Å². The van der Waals surface area contributed by atoms with Gasteiger partial charge in [-0.2, -0.15) is 0 Å². The number of halogens is 1. The lowest BCUT2D eigenvalue weighted by Gasteiger charge is -2.18. The van der Waals surface area contributed by atoms with E-state index in [4.69, 9.17) is 9.47 Å². The van der Waals surface area contributed by atoms with Gasteiger partial charge < -0.3 is 14.8 Å². The lowest BCUT2D eigenvalue weighted by Crippen LogP contribution is -2.30. The minimum Gasteiger partial charge on any atom is -0.493 e. The molecule has 1 atom stereocenters. The van der Waals surface area contributed by atoms with Crippen LogP contribution in [0.2, 0.25) is 0 Å². The van der Waals surface area contributed by atoms with Gasteiger partial charge in [-0.1, -0.05) is 48.5 Å². The predicted octanol–water partition coefficient (Wildman–Crippen LogP) is 4.49. The van der Waals surface area contributed by atoms with Crippen LogP contribution in [0, 0.1) is 5.82 Å². The highest BCUT2D eigenvalue weighted by Gasteiger charge is 2.21. The molecule has 0 aliphatic carbocycles. The van der Waals surface area contributed by atoms with E-state index in [1.54, 1.807) is 26.4 Å². The smallest absolute Gasteiger partial charge is 0.228 e. The summed E-state index contributed by atoms with van der Waals surface area (Å²) in [6.45, 7) is 0.353. The van der Waals surface area contributed by atoms with Gasteiger partial charge in [-0.05, 0) is 47.4 Å². The van der Waals surface area contributed by atoms with Crippen LogP contribution in [0.15, 0.2) is 72.8 Å². The molecule has 0 aliphatic heterocycles. The molecule has 29 heavy (non-hydrogen) atoms. The van der Waals surface area contributed by atoms with Crippen LogP contribution in [0.5, 0.6) is 11.5 Å². The molecular weight excluding hydrogens is 369 g/mol. The lowest BCUT2D eigenvalue weighted by atomic mass is 9.91. The van der Waals surface area contributed by atoms with Crippen molar-refractivity contribution in [2.75, 3.05) is 14.2 Å². The molecule has 0 fully saturated rings. The molecule has 3 aromatic rings. The van der Waals surface area contributed by atoms with Crippen molar-refractivity contribution in [3.05, 3.63) is 95.3 Å². The first-order chi connectivity index (χ1) is 14.1. The Hall–Kier alpha value is -3.34. The standard InChI is InChI=1S/C24H24FNO3/c1-28-22-13-8-18(15-23(22)29-2)16-26-24(27)21(14-17-6-4-3-5-7-17)19-9-11-20(25)12-10-19/h3-13,15,21H,14,16H2,1-2H3,(H,26,27). The summed E-state index contributed by atoms with van der Waals surface area (Å²) in [6.07, 6.45) is 0.532. The normalized spacial score (nSPS) is 11.6. The quantitative estimate of drug-likeness (QED) is 0.614. The summed E-state index contributed by atoms with van der Waals surface area (Å²) in [7, 11) is 3.15. The first-order valence-corrected chi connectivity index (χ1v) is 9.38. The number of carbonyl (C=O) groups is 1. The molecule has 1 N–H and O–H groups in total. The Morgan fingerprint density at radius 1 is 0.897 bits per heavy atom. The number of hydrogen-bond acceptors (Lipinski definition) is 3. The molecular formula is C24H24FNO3. The van der Waals surface area contributed by atoms with Gasteiger partial charge in [-0.15, -0.1) is 0 Å². The average Bonchev–Trinajstić information content (AvgIpc) is 2.77. The maximum Gasteiger partial charge on any atom is 0.228 e. The van der Waals surface area contributed by atoms with Crippen molar-refractivity contribution < 1.29 is 18.7 Å². The number of methoxy groups -OCH3 is 2. The average molecular weight is 393 g/mol. The van der Waals surface area contributed by atoms with Crippen molar-refractivity contribution >= 4 is 5.91 Å². The molecule has 1 unspecified atom stereocenters. The lowest BCUT2D eigenvalue weighted by molar-refractivity contribution is -0.122. The van der Waals surface area contributed by atoms with Gasteiger partial charge in [0.1, 0.15) is 5.82 Å². The third-order valence-electron chi connectivity index (χ3n) is 4.79. The van der Waals surface area contributed by atoms with E-state index in [1.165, 1.54) is 12.1 Å². The summed E-state index contributed by atoms with van der Waals surface area (Å²) in [4.78, 5) is 13.0. The van der Waals surface area contributed by atoms with E-state index in [0.717, 1.165) is 16.7 Å². The molecule has 0 heterocycles. The third-order valence-corrected chi connectivity index (χ3v) is 4.79. The molecule has 0 bridgehead atoms. The SMILES string of the molecule is COc1ccc(CNC(=O)C(Cc2ccccc2)c2ccc(F)cc2)cc1OC. The summed E-state index contributed by atoms with van der Waals surface area (Å²) in [5.41, 5.74) is 2.72. The van der Waals surface area contributed by atoms with E-state index in [2.05, 4.69) is 5.32 Å². The summed E-state index contributed by atoms with van der Waals surface area (Å²) < 4.78 is 23.9. The van der Waals surface area contributed by atoms with Gasteiger partial charge in [-0.25, -0.2) is 4.39 Å². The zero-order valence-electron chi connectivity index (χ0n) is 16.5. The molecule has 0 aromatic heterocycles. The maximum absolute atomic E-state index is 13.4. The van der Waals surface area contributed by atoms with Crippen LogP contribution in [-0.2, 0) is 17.8 Å². The van der Waals surface area contributed by atoms with Crippen molar-refractivity contribution in [2.45, 2.75) is 18.9 Å². The Morgan fingerprint density at radius 3 is 2.24 bits per heavy atom. The van der Waals surface area contributed by atoms with Gasteiger partial charge in [0.2, 0.25) is 5.91 Å². The van der Waals surface area contributed by atoms with E-state index in [9.17, 15) is 9.18 Å². The molecule has 150 valence electrons. The van der Waals surface area contributed by atoms with E-state index < -0.39 is 5.92 Å². The van der Waals surface area contributed by atoms with Crippen LogP contribution < -0.4 is 14.8 Å². The van der Waals surface area contributed by atoms with E-state index in [1.807, 2.05) is 48.5 Å². The topological polar surface area (TPSA) is 47.6 Å². The van der Waals surface area contributed by atoms with Gasteiger partial charge in [0.05, 0.1) is 20.1 Å². The summed E-state index contributed by atoms with van der Waals surface area (Å²) in [6, 6.07) is 21.4. The number of benzene rings is 3. The molecule has 0 aliphatic rings. The number of ether oxygens (including phenoxy) is 2. The third kappa shape index (κ3) is 5.35. The highest BCUT2D eigenvalue weighted by Crippen LogP contribution is 2.28. The van der Waals surface area contributed by atoms with Crippen molar-refractivity contribution in [1.82, 2.24) is 5.32 Å². The largest absolute Gasteiger partial charge is 0.493 e. The van der Waals surface area contributed by atoms with Crippen molar-refractivity contribution in [3.8, 4) is 11.5 Å². The van der Waals surface area contributed by atoms with Gasteiger partial charge in [0.15, 0.2) is 11.5 Å². The first kappa shape index (κ1) is 20.4. The Balaban J connectivity index is 1.76. The fraction of sp³-hybridized carbons (Fsp3) is 0.208. The zero-order valence-corrected chi connectivity index (χ0v) is 16.5. The Bertz CT molecular complexity index is 942. The predicted molar refractivity (Wildman–Crippen MR) is 111 cm³/mol. The molecule has 4 nitrogen and oxygen atoms in total. The second-order valence-corrected chi connectivity index (χ2v) is 6.70. The molecule has 0 radical (unpaired) electrons. The van der Waals surface area contributed by atoms with E-state index in [-0.39, 0.29) is 11.7 Å². The van der Waals surface area contributed by atoms with Crippen molar-refractivity contribution in [1.29, 1.82) is 0 Å². The Morgan fingerprint density at radius 2 is 1.59 bits per heavy atom. The minimum atomic E-state index is -0.418. The number of hydrogen-bond donors (Lipinski definition) is 1. The van der Waals surface area contributed by atoms with Gasteiger partial charge in [0, 0.05) is 6.54 Å². The molecule has 5 heteroatoms. The second kappa shape index (κ2) is 9.73. The number of rotatable bonds is 8. The first-order valence-electron chi connectivity index (χ1n) is 9.38.